The van der Waals surface area contributed by atoms with E-state index >= 15 is 0 Å². The fourth-order valence-corrected chi connectivity index (χ4v) is 3.70. The Bertz CT molecular complexity index is 416. The molecule has 0 bridgehead atoms. The number of nitrogens with zero attached hydrogens (tertiary/aromatic N) is 1. The van der Waals surface area contributed by atoms with Gasteiger partial charge in [-0.1, -0.05) is 0 Å². The largest absolute Gasteiger partial charge is 0.313 e. The van der Waals surface area contributed by atoms with E-state index in [0.717, 1.165) is 5.69 Å². The van der Waals surface area contributed by atoms with Crippen molar-refractivity contribution in [3.8, 4) is 0 Å². The lowest BCUT2D eigenvalue weighted by molar-refractivity contribution is 0.256. The van der Waals surface area contributed by atoms with Gasteiger partial charge in [-0.25, -0.2) is 0 Å². The number of H-pyrrole nitrogens is 1. The third kappa shape index (κ3) is 2.78. The molecule has 0 radical (unpaired) electrons. The van der Waals surface area contributed by atoms with Gasteiger partial charge >= 0.3 is 6.64 Å². The van der Waals surface area contributed by atoms with E-state index in [2.05, 4.69) is 5.10 Å². The van der Waals surface area contributed by atoms with Crippen molar-refractivity contribution in [1.29, 1.82) is 0 Å². The Kier molecular flexibility index (Phi) is 4.28. The fourth-order valence-electron chi connectivity index (χ4n) is 1.16. The maximum atomic E-state index is 11.6. The predicted octanol–water partition coefficient (Wildman–Crippen LogP) is 1.63. The maximum absolute atomic E-state index is 11.6. The Morgan fingerprint density at radius 1 is 1.47 bits per heavy atom. The quantitative estimate of drug-likeness (QED) is 0.807. The molecule has 0 aliphatic heterocycles. The number of nitrogens with one attached hydrogen (secondary N) is 1. The Balaban J connectivity index is 3.14. The first-order valence-electron chi connectivity index (χ1n) is 4.72. The number of aryl methyl sites for hydroxylation is 1. The minimum atomic E-state index is -2.71. The highest BCUT2D eigenvalue weighted by atomic mass is 32.5. The summed E-state index contributed by atoms with van der Waals surface area (Å²) in [6.45, 7) is 3.56. The van der Waals surface area contributed by atoms with Gasteiger partial charge in [-0.05, 0) is 32.6 Å². The first-order chi connectivity index (χ1) is 7.03. The average Bonchev–Trinajstić information content (AvgIpc) is 2.46. The third-order valence-electron chi connectivity index (χ3n) is 1.66. The van der Waals surface area contributed by atoms with Crippen LogP contribution in [0.25, 0.3) is 0 Å². The van der Waals surface area contributed by atoms with Gasteiger partial charge in [0.05, 0.1) is 13.2 Å². The Hall–Kier alpha value is -0.420. The van der Waals surface area contributed by atoms with E-state index in [1.54, 1.807) is 6.92 Å². The van der Waals surface area contributed by atoms with Crippen LogP contribution in [0, 0.1) is 6.92 Å². The molecule has 0 amide bonds. The zero-order valence-corrected chi connectivity index (χ0v) is 10.7. The van der Waals surface area contributed by atoms with E-state index in [1.807, 2.05) is 13.8 Å². The van der Waals surface area contributed by atoms with Crippen LogP contribution in [0.3, 0.4) is 0 Å². The molecule has 0 unspecified atom stereocenters. The molecular formula is C8H15N2O3PS. The van der Waals surface area contributed by atoms with Crippen LogP contribution in [0.15, 0.2) is 10.9 Å². The van der Waals surface area contributed by atoms with Crippen LogP contribution < -0.4 is 5.56 Å². The molecule has 7 heteroatoms. The van der Waals surface area contributed by atoms with Gasteiger partial charge in [0.15, 0.2) is 0 Å². The molecule has 86 valence electrons. The highest BCUT2D eigenvalue weighted by molar-refractivity contribution is 8.09. The molecule has 0 spiro atoms. The van der Waals surface area contributed by atoms with Gasteiger partial charge in [-0.15, -0.1) is 0 Å². The normalized spacial score (nSPS) is 11.9. The molecule has 5 nitrogen and oxygen atoms in total. The summed E-state index contributed by atoms with van der Waals surface area (Å²) in [6.07, 6.45) is 0. The van der Waals surface area contributed by atoms with Crippen LogP contribution in [0.4, 0.5) is 0 Å². The van der Waals surface area contributed by atoms with Gasteiger partial charge in [-0.3, -0.25) is 9.89 Å². The van der Waals surface area contributed by atoms with Crippen molar-refractivity contribution in [3.05, 3.63) is 22.1 Å². The number of rotatable bonds is 5. The van der Waals surface area contributed by atoms with Gasteiger partial charge in [0, 0.05) is 11.8 Å². The first-order valence-corrected chi connectivity index (χ1v) is 7.31. The minimum absolute atomic E-state index is 0.210. The lowest BCUT2D eigenvalue weighted by Gasteiger charge is -2.20. The summed E-state index contributed by atoms with van der Waals surface area (Å²) in [7, 11) is 0. The van der Waals surface area contributed by atoms with Crippen molar-refractivity contribution in [1.82, 2.24) is 9.55 Å². The lowest BCUT2D eigenvalue weighted by Crippen LogP contribution is -2.17. The second-order valence-corrected chi connectivity index (χ2v) is 6.13. The molecular weight excluding hydrogens is 235 g/mol. The molecule has 0 fully saturated rings. The smallest absolute Gasteiger partial charge is 0.311 e. The first kappa shape index (κ1) is 12.6. The lowest BCUT2D eigenvalue weighted by atomic mass is 10.5. The second-order valence-electron chi connectivity index (χ2n) is 2.89. The van der Waals surface area contributed by atoms with E-state index in [9.17, 15) is 4.79 Å². The van der Waals surface area contributed by atoms with Crippen molar-refractivity contribution < 1.29 is 9.05 Å². The number of hydrogen-bond acceptors (Lipinski definition) is 4. The van der Waals surface area contributed by atoms with E-state index < -0.39 is 6.64 Å². The van der Waals surface area contributed by atoms with Crippen LogP contribution in [-0.4, -0.2) is 22.8 Å². The van der Waals surface area contributed by atoms with E-state index in [-0.39, 0.29) is 5.56 Å². The van der Waals surface area contributed by atoms with Gasteiger partial charge in [0.2, 0.25) is 0 Å². The van der Waals surface area contributed by atoms with Crippen LogP contribution in [-0.2, 0) is 20.9 Å². The highest BCUT2D eigenvalue weighted by Gasteiger charge is 2.23. The van der Waals surface area contributed by atoms with Crippen molar-refractivity contribution in [2.75, 3.05) is 13.2 Å². The molecule has 1 rings (SSSR count). The zero-order chi connectivity index (χ0) is 11.5. The van der Waals surface area contributed by atoms with Gasteiger partial charge in [-0.2, -0.15) is 4.45 Å². The molecule has 0 aliphatic rings. The maximum Gasteiger partial charge on any atom is 0.311 e. The average molecular weight is 250 g/mol. The van der Waals surface area contributed by atoms with Crippen LogP contribution in [0.1, 0.15) is 19.5 Å². The molecule has 1 heterocycles. The summed E-state index contributed by atoms with van der Waals surface area (Å²) in [6, 6.07) is 1.47. The number of aromatic amines is 1. The van der Waals surface area contributed by atoms with Crippen LogP contribution in [0.5, 0.6) is 0 Å². The molecule has 1 aromatic heterocycles. The second kappa shape index (κ2) is 5.07. The molecule has 1 N–H and O–H groups in total. The summed E-state index contributed by atoms with van der Waals surface area (Å²) in [4.78, 5) is 11.6. The Morgan fingerprint density at radius 3 is 2.33 bits per heavy atom. The van der Waals surface area contributed by atoms with Crippen molar-refractivity contribution in [2.45, 2.75) is 20.8 Å². The monoisotopic (exact) mass is 250 g/mol. The van der Waals surface area contributed by atoms with Gasteiger partial charge in [0.1, 0.15) is 0 Å². The van der Waals surface area contributed by atoms with Gasteiger partial charge in [0.25, 0.3) is 5.56 Å². The Labute approximate surface area is 93.6 Å². The molecule has 0 aromatic carbocycles. The zero-order valence-electron chi connectivity index (χ0n) is 9.02. The molecule has 0 aliphatic carbocycles. The molecule has 1 aromatic rings. The van der Waals surface area contributed by atoms with E-state index in [1.165, 1.54) is 10.5 Å². The topological polar surface area (TPSA) is 56.2 Å². The van der Waals surface area contributed by atoms with Crippen molar-refractivity contribution in [3.63, 3.8) is 0 Å². The minimum Gasteiger partial charge on any atom is -0.313 e. The number of hydrogen-bond donors (Lipinski definition) is 1. The summed E-state index contributed by atoms with van der Waals surface area (Å²) in [5, 5.41) is 2.85. The summed E-state index contributed by atoms with van der Waals surface area (Å²) in [5.74, 6) is 0. The summed E-state index contributed by atoms with van der Waals surface area (Å²) >= 11 is 5.27. The van der Waals surface area contributed by atoms with Crippen molar-refractivity contribution >= 4 is 18.4 Å². The molecule has 0 saturated carbocycles. The van der Waals surface area contributed by atoms with Crippen LogP contribution in [0.2, 0.25) is 0 Å². The number of aromatic nitrogens is 2. The standard InChI is InChI=1S/C8H15N2O3PS/c1-4-12-14(15,13-5-2)10-8(11)6-7(3)9-10/h6,9H,4-5H2,1-3H3. The molecule has 0 atom stereocenters. The molecule has 0 saturated heterocycles. The third-order valence-corrected chi connectivity index (χ3v) is 4.74. The summed E-state index contributed by atoms with van der Waals surface area (Å²) in [5.41, 5.74) is 0.534. The Morgan fingerprint density at radius 2 is 2.00 bits per heavy atom. The van der Waals surface area contributed by atoms with E-state index in [0.29, 0.717) is 13.2 Å². The summed E-state index contributed by atoms with van der Waals surface area (Å²) < 4.78 is 12.1. The van der Waals surface area contributed by atoms with Crippen LogP contribution >= 0.6 is 6.64 Å². The predicted molar refractivity (Wildman–Crippen MR) is 62.7 cm³/mol. The SMILES string of the molecule is CCOP(=S)(OCC)n1[nH]c(C)cc1=O. The highest BCUT2D eigenvalue weighted by Crippen LogP contribution is 2.47. The van der Waals surface area contributed by atoms with Gasteiger partial charge < -0.3 is 9.05 Å². The fraction of sp³-hybridized carbons (Fsp3) is 0.625. The van der Waals surface area contributed by atoms with E-state index in [4.69, 9.17) is 20.9 Å². The molecule has 15 heavy (non-hydrogen) atoms. The van der Waals surface area contributed by atoms with Crippen molar-refractivity contribution in [2.24, 2.45) is 0 Å².